The van der Waals surface area contributed by atoms with Crippen molar-refractivity contribution in [3.8, 4) is 34.1 Å². The van der Waals surface area contributed by atoms with Crippen molar-refractivity contribution in [3.63, 3.8) is 0 Å². The molecule has 0 bridgehead atoms. The molecule has 0 amide bonds. The molecule has 8 heteroatoms. The number of ether oxygens (including phenoxy) is 3. The van der Waals surface area contributed by atoms with Crippen molar-refractivity contribution in [3.05, 3.63) is 90.3 Å². The molecule has 0 N–H and O–H groups in total. The molecule has 224 valence electrons. The number of likely N-dealkylation sites (N-methyl/N-ethyl adjacent to an activating group) is 1. The number of hydrogen-bond donors (Lipinski definition) is 0. The number of carbonyl (C=O) groups is 1. The van der Waals surface area contributed by atoms with Crippen molar-refractivity contribution in [1.29, 1.82) is 0 Å². The fourth-order valence-electron chi connectivity index (χ4n) is 4.41. The van der Waals surface area contributed by atoms with Crippen LogP contribution in [0.5, 0.6) is 11.5 Å². The molecule has 4 aromatic rings. The van der Waals surface area contributed by atoms with Gasteiger partial charge in [-0.25, -0.2) is 9.78 Å². The Morgan fingerprint density at radius 2 is 1.43 bits per heavy atom. The number of aromatic nitrogens is 1. The lowest BCUT2D eigenvalue weighted by molar-refractivity contribution is -0.159. The van der Waals surface area contributed by atoms with Gasteiger partial charge in [-0.1, -0.05) is 56.3 Å². The molecule has 42 heavy (non-hydrogen) atoms. The summed E-state index contributed by atoms with van der Waals surface area (Å²) in [6, 6.07) is 25.7. The minimum absolute atomic E-state index is 0. The molecular formula is C34H41ClN2O5. The van der Waals surface area contributed by atoms with Crippen LogP contribution in [-0.2, 0) is 16.0 Å². The van der Waals surface area contributed by atoms with Gasteiger partial charge in [0, 0.05) is 18.5 Å². The number of hydrogen-bond acceptors (Lipinski definition) is 7. The van der Waals surface area contributed by atoms with Crippen molar-refractivity contribution in [2.24, 2.45) is 0 Å². The highest BCUT2D eigenvalue weighted by Crippen LogP contribution is 2.27. The maximum absolute atomic E-state index is 12.6. The number of nitrogens with zero attached hydrogens (tertiary/aromatic N) is 2. The minimum Gasteiger partial charge on any atom is -0.493 e. The zero-order valence-corrected chi connectivity index (χ0v) is 25.9. The zero-order valence-electron chi connectivity index (χ0n) is 25.1. The van der Waals surface area contributed by atoms with Gasteiger partial charge in [0.15, 0.2) is 5.60 Å². The molecule has 1 aromatic heterocycles. The summed E-state index contributed by atoms with van der Waals surface area (Å²) in [5, 5.41) is 0. The summed E-state index contributed by atoms with van der Waals surface area (Å²) in [5.74, 6) is 2.27. The lowest BCUT2D eigenvalue weighted by atomic mass is 10.0. The summed E-state index contributed by atoms with van der Waals surface area (Å²) in [6.45, 7) is 12.9. The van der Waals surface area contributed by atoms with E-state index in [0.717, 1.165) is 35.7 Å². The lowest BCUT2D eigenvalue weighted by Gasteiger charge is -2.25. The molecule has 0 fully saturated rings. The third kappa shape index (κ3) is 8.84. The average Bonchev–Trinajstić information content (AvgIpc) is 3.36. The van der Waals surface area contributed by atoms with Crippen LogP contribution < -0.4 is 9.47 Å². The molecule has 0 atom stereocenters. The van der Waals surface area contributed by atoms with Crippen LogP contribution >= 0.6 is 12.4 Å². The van der Waals surface area contributed by atoms with Crippen LogP contribution in [0, 0.1) is 6.92 Å². The summed E-state index contributed by atoms with van der Waals surface area (Å²) in [7, 11) is 0. The van der Waals surface area contributed by atoms with Crippen molar-refractivity contribution >= 4 is 18.4 Å². The first kappa shape index (κ1) is 32.7. The molecule has 4 rings (SSSR count). The number of carbonyl (C=O) groups excluding carboxylic acids is 1. The van der Waals surface area contributed by atoms with Gasteiger partial charge >= 0.3 is 5.97 Å². The van der Waals surface area contributed by atoms with Crippen LogP contribution in [0.3, 0.4) is 0 Å². The average molecular weight is 593 g/mol. The van der Waals surface area contributed by atoms with Crippen LogP contribution in [0.2, 0.25) is 0 Å². The monoisotopic (exact) mass is 592 g/mol. The van der Waals surface area contributed by atoms with Crippen molar-refractivity contribution in [2.75, 3.05) is 32.8 Å². The standard InChI is InChI=1S/C34H40N2O5.ClH/c1-6-36(7-2)22-24-39-33(37)34(4,5)41-30-19-17-29(18-20-30)38-23-21-31-25(3)40-32(35-31)28-15-13-27(14-16-28)26-11-9-8-10-12-26;/h8-20H,6-7,21-24H2,1-5H3;1H. The van der Waals surface area contributed by atoms with Crippen LogP contribution in [-0.4, -0.2) is 54.3 Å². The van der Waals surface area contributed by atoms with E-state index in [1.807, 2.05) is 49.4 Å². The van der Waals surface area contributed by atoms with E-state index in [1.165, 1.54) is 5.56 Å². The van der Waals surface area contributed by atoms with Crippen LogP contribution in [0.4, 0.5) is 0 Å². The normalized spacial score (nSPS) is 11.2. The van der Waals surface area contributed by atoms with Crippen LogP contribution in [0.1, 0.15) is 39.1 Å². The molecule has 7 nitrogen and oxygen atoms in total. The van der Waals surface area contributed by atoms with Crippen molar-refractivity contribution < 1.29 is 23.4 Å². The predicted molar refractivity (Wildman–Crippen MR) is 168 cm³/mol. The van der Waals surface area contributed by atoms with E-state index in [1.54, 1.807) is 26.0 Å². The zero-order chi connectivity index (χ0) is 29.2. The molecule has 0 saturated carbocycles. The second kappa shape index (κ2) is 15.4. The number of aryl methyl sites for hydroxylation is 1. The molecule has 0 aliphatic rings. The molecule has 0 radical (unpaired) electrons. The van der Waals surface area contributed by atoms with Gasteiger partial charge in [-0.15, -0.1) is 12.4 Å². The summed E-state index contributed by atoms with van der Waals surface area (Å²) in [5.41, 5.74) is 3.03. The molecule has 1 heterocycles. The number of esters is 1. The van der Waals surface area contributed by atoms with Gasteiger partial charge < -0.3 is 23.5 Å². The molecular weight excluding hydrogens is 552 g/mol. The Morgan fingerprint density at radius 3 is 2.07 bits per heavy atom. The molecule has 3 aromatic carbocycles. The van der Waals surface area contributed by atoms with Gasteiger partial charge in [-0.3, -0.25) is 0 Å². The Labute approximate surface area is 255 Å². The summed E-state index contributed by atoms with van der Waals surface area (Å²) in [4.78, 5) is 19.5. The SMILES string of the molecule is CCN(CC)CCOC(=O)C(C)(C)Oc1ccc(OCCc2nc(-c3ccc(-c4ccccc4)cc3)oc2C)cc1.Cl. The van der Waals surface area contributed by atoms with Crippen LogP contribution in [0.15, 0.2) is 83.3 Å². The van der Waals surface area contributed by atoms with E-state index < -0.39 is 5.60 Å². The quantitative estimate of drug-likeness (QED) is 0.141. The van der Waals surface area contributed by atoms with Crippen LogP contribution in [0.25, 0.3) is 22.6 Å². The highest BCUT2D eigenvalue weighted by molar-refractivity contribution is 5.85. The number of benzene rings is 3. The van der Waals surface area contributed by atoms with E-state index in [9.17, 15) is 4.79 Å². The Balaban J connectivity index is 0.00000484. The Hall–Kier alpha value is -3.81. The van der Waals surface area contributed by atoms with Gasteiger partial charge in [0.25, 0.3) is 0 Å². The maximum atomic E-state index is 12.6. The summed E-state index contributed by atoms with van der Waals surface area (Å²) >= 11 is 0. The predicted octanol–water partition coefficient (Wildman–Crippen LogP) is 7.40. The first-order valence-corrected chi connectivity index (χ1v) is 14.2. The number of oxazole rings is 1. The molecule has 0 saturated heterocycles. The highest BCUT2D eigenvalue weighted by Gasteiger charge is 2.32. The third-order valence-electron chi connectivity index (χ3n) is 6.96. The molecule has 0 aliphatic heterocycles. The topological polar surface area (TPSA) is 74.0 Å². The Bertz CT molecular complexity index is 1380. The van der Waals surface area contributed by atoms with E-state index in [-0.39, 0.29) is 18.4 Å². The number of halogens is 1. The van der Waals surface area contributed by atoms with E-state index in [0.29, 0.717) is 43.6 Å². The Morgan fingerprint density at radius 1 is 0.833 bits per heavy atom. The second-order valence-corrected chi connectivity index (χ2v) is 10.3. The highest BCUT2D eigenvalue weighted by atomic mass is 35.5. The van der Waals surface area contributed by atoms with Gasteiger partial charge in [0.05, 0.1) is 12.3 Å². The Kier molecular flexibility index (Phi) is 12.0. The van der Waals surface area contributed by atoms with Gasteiger partial charge in [0.1, 0.15) is 23.9 Å². The minimum atomic E-state index is -1.10. The first-order chi connectivity index (χ1) is 19.8. The smallest absolute Gasteiger partial charge is 0.349 e. The lowest BCUT2D eigenvalue weighted by Crippen LogP contribution is -2.41. The molecule has 0 unspecified atom stereocenters. The summed E-state index contributed by atoms with van der Waals surface area (Å²) < 4.78 is 23.3. The first-order valence-electron chi connectivity index (χ1n) is 14.2. The van der Waals surface area contributed by atoms with Gasteiger partial charge in [-0.05, 0) is 81.4 Å². The second-order valence-electron chi connectivity index (χ2n) is 10.3. The van der Waals surface area contributed by atoms with Crippen molar-refractivity contribution in [1.82, 2.24) is 9.88 Å². The van der Waals surface area contributed by atoms with E-state index >= 15 is 0 Å². The van der Waals surface area contributed by atoms with Gasteiger partial charge in [0.2, 0.25) is 5.89 Å². The largest absolute Gasteiger partial charge is 0.493 e. The van der Waals surface area contributed by atoms with E-state index in [2.05, 4.69) is 43.0 Å². The number of rotatable bonds is 14. The third-order valence-corrected chi connectivity index (χ3v) is 6.96. The van der Waals surface area contributed by atoms with Crippen molar-refractivity contribution in [2.45, 2.75) is 46.6 Å². The van der Waals surface area contributed by atoms with E-state index in [4.69, 9.17) is 23.6 Å². The maximum Gasteiger partial charge on any atom is 0.349 e. The summed E-state index contributed by atoms with van der Waals surface area (Å²) in [6.07, 6.45) is 0.613. The molecule has 0 spiro atoms. The van der Waals surface area contributed by atoms with Gasteiger partial charge in [-0.2, -0.15) is 0 Å². The molecule has 0 aliphatic carbocycles. The fourth-order valence-corrected chi connectivity index (χ4v) is 4.41. The fraction of sp³-hybridized carbons (Fsp3) is 0.353.